The van der Waals surface area contributed by atoms with Gasteiger partial charge in [-0.3, -0.25) is 4.90 Å². The summed E-state index contributed by atoms with van der Waals surface area (Å²) in [7, 11) is 0. The maximum absolute atomic E-state index is 12.4. The van der Waals surface area contributed by atoms with Gasteiger partial charge in [0.05, 0.1) is 5.02 Å². The molecule has 1 aliphatic rings. The molecule has 1 saturated heterocycles. The lowest BCUT2D eigenvalue weighted by Crippen LogP contribution is -2.46. The number of nitrogens with one attached hydrogen (secondary N) is 1. The molecule has 7 heteroatoms. The number of ether oxygens (including phenoxy) is 1. The van der Waals surface area contributed by atoms with E-state index in [1.165, 1.54) is 6.07 Å². The van der Waals surface area contributed by atoms with Crippen LogP contribution < -0.4 is 10.1 Å². The average molecular weight is 351 g/mol. The van der Waals surface area contributed by atoms with Crippen molar-refractivity contribution in [2.24, 2.45) is 5.92 Å². The van der Waals surface area contributed by atoms with E-state index < -0.39 is 6.36 Å². The van der Waals surface area contributed by atoms with Crippen LogP contribution in [0.25, 0.3) is 0 Å². The lowest BCUT2D eigenvalue weighted by molar-refractivity contribution is -0.274. The molecule has 130 valence electrons. The summed E-state index contributed by atoms with van der Waals surface area (Å²) in [5, 5.41) is 3.30. The number of alkyl halides is 3. The summed E-state index contributed by atoms with van der Waals surface area (Å²) in [6.07, 6.45) is -3.76. The minimum atomic E-state index is -4.74. The predicted molar refractivity (Wildman–Crippen MR) is 84.8 cm³/mol. The normalized spacial score (nSPS) is 19.4. The fourth-order valence-corrected chi connectivity index (χ4v) is 3.22. The summed E-state index contributed by atoms with van der Waals surface area (Å²) < 4.78 is 41.0. The Bertz CT molecular complexity index is 519. The molecule has 3 nitrogen and oxygen atoms in total. The first kappa shape index (κ1) is 18.4. The Morgan fingerprint density at radius 3 is 2.48 bits per heavy atom. The van der Waals surface area contributed by atoms with E-state index in [4.69, 9.17) is 11.6 Å². The monoisotopic (exact) mass is 350 g/mol. The van der Waals surface area contributed by atoms with Gasteiger partial charge in [0.1, 0.15) is 5.75 Å². The molecule has 2 rings (SSSR count). The molecule has 1 aromatic rings. The number of nitrogens with zero attached hydrogens (tertiary/aromatic N) is 1. The third kappa shape index (κ3) is 4.99. The SMILES string of the molecule is CCC(C)[C@@H](c1ccc(OC(F)(F)F)c(Cl)c1)N1CCNCC1. The highest BCUT2D eigenvalue weighted by atomic mass is 35.5. The van der Waals surface area contributed by atoms with Crippen molar-refractivity contribution >= 4 is 11.6 Å². The van der Waals surface area contributed by atoms with Gasteiger partial charge in [-0.15, -0.1) is 13.2 Å². The summed E-state index contributed by atoms with van der Waals surface area (Å²) in [6, 6.07) is 4.73. The van der Waals surface area contributed by atoms with Gasteiger partial charge < -0.3 is 10.1 Å². The fraction of sp³-hybridized carbons (Fsp3) is 0.625. The quantitative estimate of drug-likeness (QED) is 0.860. The Balaban J connectivity index is 2.26. The van der Waals surface area contributed by atoms with Crippen LogP contribution in [0.15, 0.2) is 18.2 Å². The molecule has 1 fully saturated rings. The molecule has 23 heavy (non-hydrogen) atoms. The predicted octanol–water partition coefficient (Wildman–Crippen LogP) is 4.23. The third-order valence-corrected chi connectivity index (χ3v) is 4.55. The van der Waals surface area contributed by atoms with Crippen molar-refractivity contribution < 1.29 is 17.9 Å². The van der Waals surface area contributed by atoms with E-state index in [0.29, 0.717) is 5.92 Å². The topological polar surface area (TPSA) is 24.5 Å². The second-order valence-corrected chi connectivity index (χ2v) is 6.26. The van der Waals surface area contributed by atoms with E-state index in [1.54, 1.807) is 12.1 Å². The lowest BCUT2D eigenvalue weighted by Gasteiger charge is -2.38. The third-order valence-electron chi connectivity index (χ3n) is 4.25. The van der Waals surface area contributed by atoms with Gasteiger partial charge in [-0.25, -0.2) is 0 Å². The minimum Gasteiger partial charge on any atom is -0.404 e. The van der Waals surface area contributed by atoms with Crippen molar-refractivity contribution in [3.63, 3.8) is 0 Å². The van der Waals surface area contributed by atoms with Crippen LogP contribution in [0, 0.1) is 5.92 Å². The Morgan fingerprint density at radius 2 is 1.96 bits per heavy atom. The van der Waals surface area contributed by atoms with Gasteiger partial charge in [0.15, 0.2) is 0 Å². The van der Waals surface area contributed by atoms with Gasteiger partial charge in [0.25, 0.3) is 0 Å². The molecule has 1 unspecified atom stereocenters. The first-order valence-corrected chi connectivity index (χ1v) is 8.19. The molecule has 1 aromatic carbocycles. The van der Waals surface area contributed by atoms with Crippen molar-refractivity contribution in [3.8, 4) is 5.75 Å². The Morgan fingerprint density at radius 1 is 1.30 bits per heavy atom. The smallest absolute Gasteiger partial charge is 0.404 e. The van der Waals surface area contributed by atoms with Crippen molar-refractivity contribution in [3.05, 3.63) is 28.8 Å². The molecular weight excluding hydrogens is 329 g/mol. The van der Waals surface area contributed by atoms with Crippen molar-refractivity contribution in [2.75, 3.05) is 26.2 Å². The Hall–Kier alpha value is -0.980. The second-order valence-electron chi connectivity index (χ2n) is 5.85. The van der Waals surface area contributed by atoms with Crippen LogP contribution in [0.3, 0.4) is 0 Å². The van der Waals surface area contributed by atoms with Crippen molar-refractivity contribution in [1.82, 2.24) is 10.2 Å². The highest BCUT2D eigenvalue weighted by molar-refractivity contribution is 6.32. The van der Waals surface area contributed by atoms with Gasteiger partial charge in [0, 0.05) is 32.2 Å². The fourth-order valence-electron chi connectivity index (χ4n) is 2.99. The second kappa shape index (κ2) is 7.73. The maximum atomic E-state index is 12.4. The molecule has 2 atom stereocenters. The molecule has 0 radical (unpaired) electrons. The molecule has 1 N–H and O–H groups in total. The molecule has 0 saturated carbocycles. The van der Waals surface area contributed by atoms with Crippen LogP contribution >= 0.6 is 11.6 Å². The first-order valence-electron chi connectivity index (χ1n) is 7.81. The zero-order valence-electron chi connectivity index (χ0n) is 13.3. The molecular formula is C16H22ClF3N2O. The van der Waals surface area contributed by atoms with E-state index in [0.717, 1.165) is 38.2 Å². The first-order chi connectivity index (χ1) is 10.8. The molecule has 0 aromatic heterocycles. The van der Waals surface area contributed by atoms with Gasteiger partial charge in [-0.1, -0.05) is 37.9 Å². The maximum Gasteiger partial charge on any atom is 0.573 e. The van der Waals surface area contributed by atoms with Crippen molar-refractivity contribution in [2.45, 2.75) is 32.7 Å². The van der Waals surface area contributed by atoms with Crippen LogP contribution in [0.5, 0.6) is 5.75 Å². The van der Waals surface area contributed by atoms with Crippen LogP contribution in [-0.2, 0) is 0 Å². The molecule has 0 aliphatic carbocycles. The zero-order valence-corrected chi connectivity index (χ0v) is 14.0. The lowest BCUT2D eigenvalue weighted by atomic mass is 9.90. The standard InChI is InChI=1S/C16H22ClF3N2O/c1-3-11(2)15(22-8-6-21-7-9-22)12-4-5-14(13(17)10-12)23-16(18,19)20/h4-5,10-11,15,21H,3,6-9H2,1-2H3/t11?,15-/m0/s1. The summed E-state index contributed by atoms with van der Waals surface area (Å²) in [5.74, 6) is 0.0182. The summed E-state index contributed by atoms with van der Waals surface area (Å²) in [4.78, 5) is 2.36. The Kier molecular flexibility index (Phi) is 6.17. The van der Waals surface area contributed by atoms with Crippen LogP contribution in [-0.4, -0.2) is 37.4 Å². The van der Waals surface area contributed by atoms with E-state index in [9.17, 15) is 13.2 Å². The van der Waals surface area contributed by atoms with Gasteiger partial charge in [-0.2, -0.15) is 0 Å². The number of hydrogen-bond donors (Lipinski definition) is 1. The largest absolute Gasteiger partial charge is 0.573 e. The van der Waals surface area contributed by atoms with Gasteiger partial charge in [-0.05, 0) is 23.6 Å². The number of piperazine rings is 1. The summed E-state index contributed by atoms with van der Waals surface area (Å²) in [6.45, 7) is 7.91. The molecule has 0 amide bonds. The van der Waals surface area contributed by atoms with Crippen LogP contribution in [0.2, 0.25) is 5.02 Å². The van der Waals surface area contributed by atoms with E-state index in [-0.39, 0.29) is 16.8 Å². The molecule has 1 heterocycles. The van der Waals surface area contributed by atoms with E-state index in [1.807, 2.05) is 0 Å². The van der Waals surface area contributed by atoms with Crippen molar-refractivity contribution in [1.29, 1.82) is 0 Å². The van der Waals surface area contributed by atoms with E-state index >= 15 is 0 Å². The Labute approximate surface area is 139 Å². The number of rotatable bonds is 5. The minimum absolute atomic E-state index is 0.0109. The van der Waals surface area contributed by atoms with Gasteiger partial charge in [0.2, 0.25) is 0 Å². The van der Waals surface area contributed by atoms with E-state index in [2.05, 4.69) is 28.8 Å². The molecule has 0 spiro atoms. The highest BCUT2D eigenvalue weighted by Crippen LogP contribution is 2.36. The average Bonchev–Trinajstić information content (AvgIpc) is 2.50. The van der Waals surface area contributed by atoms with Gasteiger partial charge >= 0.3 is 6.36 Å². The number of halogens is 4. The molecule has 1 aliphatic heterocycles. The number of hydrogen-bond acceptors (Lipinski definition) is 3. The van der Waals surface area contributed by atoms with Crippen LogP contribution in [0.4, 0.5) is 13.2 Å². The van der Waals surface area contributed by atoms with Crippen LogP contribution in [0.1, 0.15) is 31.9 Å². The highest BCUT2D eigenvalue weighted by Gasteiger charge is 2.33. The zero-order chi connectivity index (χ0) is 17.0. The summed E-state index contributed by atoms with van der Waals surface area (Å²) >= 11 is 6.01. The number of benzene rings is 1. The summed E-state index contributed by atoms with van der Waals surface area (Å²) in [5.41, 5.74) is 0.931. The molecule has 0 bridgehead atoms.